The van der Waals surface area contributed by atoms with Gasteiger partial charge in [0.1, 0.15) is 5.67 Å². The van der Waals surface area contributed by atoms with Crippen LogP contribution < -0.4 is 0 Å². The van der Waals surface area contributed by atoms with Crippen LogP contribution in [0.25, 0.3) is 0 Å². The molecule has 0 unspecified atom stereocenters. The van der Waals surface area contributed by atoms with Crippen molar-refractivity contribution in [2.24, 2.45) is 0 Å². The fourth-order valence-corrected chi connectivity index (χ4v) is 1.43. The van der Waals surface area contributed by atoms with Crippen LogP contribution in [0.5, 0.6) is 0 Å². The van der Waals surface area contributed by atoms with E-state index >= 15 is 0 Å². The molecule has 0 amide bonds. The molecule has 0 bridgehead atoms. The molecule has 1 fully saturated rings. The molecule has 1 nitrogen and oxygen atoms in total. The highest BCUT2D eigenvalue weighted by atomic mass is 19.1. The van der Waals surface area contributed by atoms with Crippen molar-refractivity contribution in [2.45, 2.75) is 32.4 Å². The van der Waals surface area contributed by atoms with Crippen LogP contribution in [0, 0.1) is 0 Å². The van der Waals surface area contributed by atoms with E-state index in [4.69, 9.17) is 0 Å². The van der Waals surface area contributed by atoms with Crippen LogP contribution in [0.1, 0.15) is 26.7 Å². The van der Waals surface area contributed by atoms with Crippen LogP contribution >= 0.6 is 0 Å². The Bertz CT molecular complexity index is 104. The zero-order valence-corrected chi connectivity index (χ0v) is 6.86. The summed E-state index contributed by atoms with van der Waals surface area (Å²) < 4.78 is 12.8. The van der Waals surface area contributed by atoms with E-state index in [1.807, 2.05) is 0 Å². The molecule has 0 N–H and O–H groups in total. The summed E-state index contributed by atoms with van der Waals surface area (Å²) in [6, 6.07) is 0. The van der Waals surface area contributed by atoms with Crippen molar-refractivity contribution in [1.29, 1.82) is 0 Å². The average molecular weight is 145 g/mol. The molecule has 0 aliphatic carbocycles. The average Bonchev–Trinajstić information content (AvgIpc) is 1.78. The molecule has 1 rings (SSSR count). The maximum Gasteiger partial charge on any atom is 0.133 e. The van der Waals surface area contributed by atoms with Crippen molar-refractivity contribution >= 4 is 0 Å². The number of likely N-dealkylation sites (tertiary alicyclic amines) is 1. The second-order valence-corrected chi connectivity index (χ2v) is 3.48. The standard InChI is InChI=1S/C8H16FN/c1-3-4-5-10-6-8(2,9)7-10/h3-7H2,1-2H3. The fourth-order valence-electron chi connectivity index (χ4n) is 1.43. The highest BCUT2D eigenvalue weighted by Crippen LogP contribution is 2.24. The lowest BCUT2D eigenvalue weighted by Crippen LogP contribution is -2.57. The van der Waals surface area contributed by atoms with Gasteiger partial charge in [0.25, 0.3) is 0 Å². The number of halogens is 1. The van der Waals surface area contributed by atoms with Gasteiger partial charge < -0.3 is 0 Å². The first-order valence-corrected chi connectivity index (χ1v) is 4.05. The first kappa shape index (κ1) is 7.99. The number of unbranched alkanes of at least 4 members (excludes halogenated alkanes) is 1. The van der Waals surface area contributed by atoms with Crippen LogP contribution in [0.2, 0.25) is 0 Å². The van der Waals surface area contributed by atoms with E-state index in [1.165, 1.54) is 12.8 Å². The number of hydrogen-bond donors (Lipinski definition) is 0. The maximum atomic E-state index is 12.8. The molecule has 0 aromatic rings. The van der Waals surface area contributed by atoms with E-state index < -0.39 is 5.67 Å². The second kappa shape index (κ2) is 2.87. The van der Waals surface area contributed by atoms with Gasteiger partial charge in [0, 0.05) is 13.1 Å². The van der Waals surface area contributed by atoms with E-state index in [0.717, 1.165) is 6.54 Å². The Kier molecular flexibility index (Phi) is 2.29. The topological polar surface area (TPSA) is 3.24 Å². The van der Waals surface area contributed by atoms with Crippen LogP contribution in [0.4, 0.5) is 4.39 Å². The van der Waals surface area contributed by atoms with Gasteiger partial charge in [-0.25, -0.2) is 4.39 Å². The normalized spacial score (nSPS) is 24.3. The molecule has 0 saturated carbocycles. The van der Waals surface area contributed by atoms with Crippen LogP contribution in [-0.4, -0.2) is 30.2 Å². The van der Waals surface area contributed by atoms with Gasteiger partial charge in [-0.3, -0.25) is 4.90 Å². The quantitative estimate of drug-likeness (QED) is 0.585. The van der Waals surface area contributed by atoms with Gasteiger partial charge in [-0.2, -0.15) is 0 Å². The van der Waals surface area contributed by atoms with Crippen LogP contribution in [0.3, 0.4) is 0 Å². The number of alkyl halides is 1. The highest BCUT2D eigenvalue weighted by molar-refractivity contribution is 4.91. The van der Waals surface area contributed by atoms with Crippen molar-refractivity contribution in [1.82, 2.24) is 4.90 Å². The molecule has 1 heterocycles. The first-order chi connectivity index (χ1) is 4.64. The molecule has 0 aromatic carbocycles. The largest absolute Gasteiger partial charge is 0.297 e. The maximum absolute atomic E-state index is 12.8. The number of hydrogen-bond acceptors (Lipinski definition) is 1. The van der Waals surface area contributed by atoms with Crippen LogP contribution in [-0.2, 0) is 0 Å². The number of nitrogens with zero attached hydrogens (tertiary/aromatic N) is 1. The third-order valence-electron chi connectivity index (χ3n) is 1.93. The molecule has 60 valence electrons. The molecule has 0 spiro atoms. The van der Waals surface area contributed by atoms with E-state index in [2.05, 4.69) is 11.8 Å². The lowest BCUT2D eigenvalue weighted by molar-refractivity contribution is -0.0176. The predicted octanol–water partition coefficient (Wildman–Crippen LogP) is 1.83. The molecule has 0 aromatic heterocycles. The molecular formula is C8H16FN. The third kappa shape index (κ3) is 1.94. The summed E-state index contributed by atoms with van der Waals surface area (Å²) in [7, 11) is 0. The Morgan fingerprint density at radius 1 is 1.50 bits per heavy atom. The summed E-state index contributed by atoms with van der Waals surface area (Å²) in [6.45, 7) is 6.21. The molecular weight excluding hydrogens is 129 g/mol. The third-order valence-corrected chi connectivity index (χ3v) is 1.93. The van der Waals surface area contributed by atoms with Gasteiger partial charge in [0.15, 0.2) is 0 Å². The van der Waals surface area contributed by atoms with Gasteiger partial charge in [-0.1, -0.05) is 13.3 Å². The van der Waals surface area contributed by atoms with Crippen LogP contribution in [0.15, 0.2) is 0 Å². The molecule has 0 radical (unpaired) electrons. The summed E-state index contributed by atoms with van der Waals surface area (Å²) in [5.74, 6) is 0. The van der Waals surface area contributed by atoms with Crippen molar-refractivity contribution < 1.29 is 4.39 Å². The Balaban J connectivity index is 2.03. The lowest BCUT2D eigenvalue weighted by atomic mass is 9.99. The summed E-state index contributed by atoms with van der Waals surface area (Å²) in [5.41, 5.74) is -0.881. The minimum Gasteiger partial charge on any atom is -0.297 e. The van der Waals surface area contributed by atoms with E-state index in [9.17, 15) is 4.39 Å². The monoisotopic (exact) mass is 145 g/mol. The number of rotatable bonds is 3. The van der Waals surface area contributed by atoms with Gasteiger partial charge in [0.05, 0.1) is 0 Å². The smallest absolute Gasteiger partial charge is 0.133 e. The molecule has 1 aliphatic heterocycles. The Labute approximate surface area is 62.2 Å². The van der Waals surface area contributed by atoms with Crippen molar-refractivity contribution in [3.05, 3.63) is 0 Å². The van der Waals surface area contributed by atoms with Gasteiger partial charge >= 0.3 is 0 Å². The molecule has 1 saturated heterocycles. The van der Waals surface area contributed by atoms with E-state index in [-0.39, 0.29) is 0 Å². The van der Waals surface area contributed by atoms with Gasteiger partial charge in [-0.15, -0.1) is 0 Å². The minimum absolute atomic E-state index is 0.646. The Hall–Kier alpha value is -0.110. The molecule has 10 heavy (non-hydrogen) atoms. The van der Waals surface area contributed by atoms with Crippen molar-refractivity contribution in [2.75, 3.05) is 19.6 Å². The van der Waals surface area contributed by atoms with E-state index in [1.54, 1.807) is 6.92 Å². The Morgan fingerprint density at radius 2 is 2.10 bits per heavy atom. The van der Waals surface area contributed by atoms with Gasteiger partial charge in [-0.05, 0) is 19.9 Å². The summed E-state index contributed by atoms with van der Waals surface area (Å²) in [4.78, 5) is 2.17. The first-order valence-electron chi connectivity index (χ1n) is 4.05. The summed E-state index contributed by atoms with van der Waals surface area (Å²) in [5, 5.41) is 0. The SMILES string of the molecule is CCCCN1CC(C)(F)C1. The zero-order chi connectivity index (χ0) is 7.61. The zero-order valence-electron chi connectivity index (χ0n) is 6.86. The fraction of sp³-hybridized carbons (Fsp3) is 1.00. The Morgan fingerprint density at radius 3 is 2.50 bits per heavy atom. The second-order valence-electron chi connectivity index (χ2n) is 3.48. The molecule has 2 heteroatoms. The van der Waals surface area contributed by atoms with Crippen molar-refractivity contribution in [3.8, 4) is 0 Å². The molecule has 0 atom stereocenters. The van der Waals surface area contributed by atoms with E-state index in [0.29, 0.717) is 13.1 Å². The van der Waals surface area contributed by atoms with Crippen molar-refractivity contribution in [3.63, 3.8) is 0 Å². The van der Waals surface area contributed by atoms with Gasteiger partial charge in [0.2, 0.25) is 0 Å². The minimum atomic E-state index is -0.881. The summed E-state index contributed by atoms with van der Waals surface area (Å²) in [6.07, 6.45) is 2.41. The summed E-state index contributed by atoms with van der Waals surface area (Å²) >= 11 is 0. The predicted molar refractivity (Wildman–Crippen MR) is 40.9 cm³/mol. The molecule has 1 aliphatic rings. The highest BCUT2D eigenvalue weighted by Gasteiger charge is 2.37. The lowest BCUT2D eigenvalue weighted by Gasteiger charge is -2.42.